The van der Waals surface area contributed by atoms with Crippen LogP contribution < -0.4 is 4.90 Å². The van der Waals surface area contributed by atoms with Crippen LogP contribution in [-0.4, -0.2) is 86.3 Å². The number of aliphatic carboxylic acids is 1. The van der Waals surface area contributed by atoms with Gasteiger partial charge in [0.15, 0.2) is 5.71 Å². The third kappa shape index (κ3) is 8.55. The Balaban J connectivity index is 1.44. The number of carbonyl (C=O) groups is 1. The molecule has 4 aromatic carbocycles. The van der Waals surface area contributed by atoms with Crippen LogP contribution in [0.15, 0.2) is 104 Å². The van der Waals surface area contributed by atoms with Crippen LogP contribution in [0.25, 0.3) is 21.5 Å². The van der Waals surface area contributed by atoms with E-state index in [2.05, 4.69) is 0 Å². The van der Waals surface area contributed by atoms with Crippen LogP contribution in [0.3, 0.4) is 0 Å². The standard InChI is InChI=1S/C41H44N2O14S4/c1-6-42-31-18-16-27-29(21-25(58(46,47)48)23-33(27)60(52,53)54)38(31)40(2,3)35(42)13-9-7-10-14-36-41(4,5)39-30-22-26(59(49,50)51)24-34(61(55,56)57)28(30)17-19-32(39)43(36)20-12-8-11-15-37(44)45/h7,9-10,13-14,16-19,21-24H,6,8,11-12,15,20H2,1-5H3,(H4-,44,45,46,47,48,49,50,51,52,53,54,55,56,57)/p+1. The van der Waals surface area contributed by atoms with Crippen molar-refractivity contribution in [3.63, 3.8) is 0 Å². The van der Waals surface area contributed by atoms with E-state index in [0.29, 0.717) is 67.0 Å². The van der Waals surface area contributed by atoms with Gasteiger partial charge in [0.05, 0.1) is 15.2 Å². The van der Waals surface area contributed by atoms with E-state index in [1.807, 2.05) is 56.2 Å². The molecule has 0 radical (unpaired) electrons. The number of rotatable bonds is 14. The molecule has 4 aromatic rings. The maximum absolute atomic E-state index is 12.5. The first kappa shape index (κ1) is 45.7. The molecule has 20 heteroatoms. The fourth-order valence-corrected chi connectivity index (χ4v) is 11.3. The minimum Gasteiger partial charge on any atom is -0.481 e. The summed E-state index contributed by atoms with van der Waals surface area (Å²) < 4.78 is 141. The summed E-state index contributed by atoms with van der Waals surface area (Å²) in [6.45, 7) is 10.2. The molecule has 0 fully saturated rings. The number of benzene rings is 4. The Kier molecular flexibility index (Phi) is 11.9. The average Bonchev–Trinajstić information content (AvgIpc) is 3.49. The Morgan fingerprint density at radius 2 is 1.20 bits per heavy atom. The fraction of sp³-hybridized carbons (Fsp3) is 0.317. The van der Waals surface area contributed by atoms with Crippen LogP contribution in [0.4, 0.5) is 11.4 Å². The van der Waals surface area contributed by atoms with Crippen LogP contribution in [0.5, 0.6) is 0 Å². The van der Waals surface area contributed by atoms with E-state index in [9.17, 15) is 56.7 Å². The number of unbranched alkanes of at least 4 members (excludes halogenated alkanes) is 2. The van der Waals surface area contributed by atoms with E-state index in [0.717, 1.165) is 11.4 Å². The highest BCUT2D eigenvalue weighted by atomic mass is 32.2. The van der Waals surface area contributed by atoms with Crippen molar-refractivity contribution in [3.8, 4) is 0 Å². The molecule has 0 unspecified atom stereocenters. The Morgan fingerprint density at radius 1 is 0.656 bits per heavy atom. The Hall–Kier alpha value is -4.80. The van der Waals surface area contributed by atoms with Crippen molar-refractivity contribution < 1.29 is 66.4 Å². The number of nitrogens with zero attached hydrogens (tertiary/aromatic N) is 2. The third-order valence-electron chi connectivity index (χ3n) is 11.3. The first-order valence-corrected chi connectivity index (χ1v) is 24.7. The third-order valence-corrected chi connectivity index (χ3v) is 14.7. The summed E-state index contributed by atoms with van der Waals surface area (Å²) in [6.07, 6.45) is 10.5. The van der Waals surface area contributed by atoms with Gasteiger partial charge in [-0.3, -0.25) is 23.0 Å². The predicted molar refractivity (Wildman–Crippen MR) is 228 cm³/mol. The number of likely N-dealkylation sites (N-methyl/N-ethyl adjacent to an activating group) is 1. The van der Waals surface area contributed by atoms with Gasteiger partial charge in [-0.25, -0.2) is 0 Å². The van der Waals surface area contributed by atoms with Gasteiger partial charge in [0.1, 0.15) is 16.3 Å². The molecule has 61 heavy (non-hydrogen) atoms. The lowest BCUT2D eigenvalue weighted by atomic mass is 9.79. The van der Waals surface area contributed by atoms with Crippen LogP contribution in [-0.2, 0) is 56.1 Å². The zero-order valence-corrected chi connectivity index (χ0v) is 37.0. The molecule has 6 rings (SSSR count). The first-order chi connectivity index (χ1) is 28.1. The molecule has 2 heterocycles. The molecule has 0 saturated carbocycles. The van der Waals surface area contributed by atoms with E-state index in [4.69, 9.17) is 5.11 Å². The van der Waals surface area contributed by atoms with Crippen LogP contribution >= 0.6 is 0 Å². The van der Waals surface area contributed by atoms with Gasteiger partial charge in [0.25, 0.3) is 40.5 Å². The van der Waals surface area contributed by atoms with E-state index in [1.54, 1.807) is 30.4 Å². The molecule has 0 bridgehead atoms. The van der Waals surface area contributed by atoms with Gasteiger partial charge in [0, 0.05) is 64.7 Å². The maximum atomic E-state index is 12.5. The second-order valence-electron chi connectivity index (χ2n) is 15.9. The van der Waals surface area contributed by atoms with E-state index in [1.165, 1.54) is 24.3 Å². The molecule has 0 spiro atoms. The quantitative estimate of drug-likeness (QED) is 0.0376. The van der Waals surface area contributed by atoms with Gasteiger partial charge in [-0.05, 0) is 92.4 Å². The van der Waals surface area contributed by atoms with E-state index < -0.39 is 76.9 Å². The van der Waals surface area contributed by atoms with Crippen molar-refractivity contribution in [1.29, 1.82) is 0 Å². The molecule has 0 saturated heterocycles. The summed E-state index contributed by atoms with van der Waals surface area (Å²) in [5, 5.41) is 9.62. The fourth-order valence-electron chi connectivity index (χ4n) is 8.66. The predicted octanol–water partition coefficient (Wildman–Crippen LogP) is 6.82. The zero-order chi connectivity index (χ0) is 45.2. The highest BCUT2D eigenvalue weighted by Gasteiger charge is 2.46. The molecular weight excluding hydrogens is 873 g/mol. The van der Waals surface area contributed by atoms with Crippen LogP contribution in [0, 0.1) is 0 Å². The highest BCUT2D eigenvalue weighted by molar-refractivity contribution is 7.87. The Morgan fingerprint density at radius 3 is 1.70 bits per heavy atom. The Bertz CT molecular complexity index is 3130. The lowest BCUT2D eigenvalue weighted by molar-refractivity contribution is -0.438. The molecular formula is C41H45N2O14S4+. The average molecular weight is 918 g/mol. The minimum absolute atomic E-state index is 0.00883. The number of allylic oxidation sites excluding steroid dienone is 6. The summed E-state index contributed by atoms with van der Waals surface area (Å²) in [7, 11) is -19.7. The van der Waals surface area contributed by atoms with Crippen molar-refractivity contribution in [3.05, 3.63) is 95.7 Å². The first-order valence-electron chi connectivity index (χ1n) is 18.9. The Labute approximate surface area is 354 Å². The topological polar surface area (TPSA) is 261 Å². The second-order valence-corrected chi connectivity index (χ2v) is 21.5. The monoisotopic (exact) mass is 917 g/mol. The maximum Gasteiger partial charge on any atom is 0.303 e. The summed E-state index contributed by atoms with van der Waals surface area (Å²) in [6, 6.07) is 10.0. The van der Waals surface area contributed by atoms with Crippen LogP contribution in [0.2, 0.25) is 0 Å². The van der Waals surface area contributed by atoms with Gasteiger partial charge in [0.2, 0.25) is 5.69 Å². The molecule has 0 amide bonds. The highest BCUT2D eigenvalue weighted by Crippen LogP contribution is 2.52. The smallest absolute Gasteiger partial charge is 0.303 e. The number of hydrogen-bond acceptors (Lipinski definition) is 10. The number of carboxylic acid groups (broad SMARTS) is 1. The molecule has 326 valence electrons. The molecule has 5 N–H and O–H groups in total. The lowest BCUT2D eigenvalue weighted by Crippen LogP contribution is -2.28. The van der Waals surface area contributed by atoms with Gasteiger partial charge >= 0.3 is 5.97 Å². The van der Waals surface area contributed by atoms with Gasteiger partial charge in [-0.2, -0.15) is 38.2 Å². The number of fused-ring (bicyclic) bond motifs is 6. The van der Waals surface area contributed by atoms with Crippen LogP contribution in [0.1, 0.15) is 71.4 Å². The number of hydrogen-bond donors (Lipinski definition) is 5. The van der Waals surface area contributed by atoms with Crippen molar-refractivity contribution >= 4 is 85.1 Å². The van der Waals surface area contributed by atoms with Crippen molar-refractivity contribution in [1.82, 2.24) is 0 Å². The molecule has 0 aliphatic carbocycles. The summed E-state index contributed by atoms with van der Waals surface area (Å²) in [5.41, 5.74) is 2.05. The number of carboxylic acids is 1. The van der Waals surface area contributed by atoms with Crippen molar-refractivity contribution in [2.75, 3.05) is 18.0 Å². The van der Waals surface area contributed by atoms with Gasteiger partial charge in [-0.1, -0.05) is 38.1 Å². The van der Waals surface area contributed by atoms with Crippen molar-refractivity contribution in [2.24, 2.45) is 0 Å². The minimum atomic E-state index is -4.95. The second kappa shape index (κ2) is 15.8. The van der Waals surface area contributed by atoms with Crippen molar-refractivity contribution in [2.45, 2.75) is 90.7 Å². The normalized spacial score (nSPS) is 17.4. The zero-order valence-electron chi connectivity index (χ0n) is 33.7. The molecule has 16 nitrogen and oxygen atoms in total. The lowest BCUT2D eigenvalue weighted by Gasteiger charge is -2.26. The van der Waals surface area contributed by atoms with Gasteiger partial charge < -0.3 is 10.0 Å². The summed E-state index contributed by atoms with van der Waals surface area (Å²) in [4.78, 5) is 10.3. The van der Waals surface area contributed by atoms with E-state index >= 15 is 0 Å². The summed E-state index contributed by atoms with van der Waals surface area (Å²) in [5.74, 6) is -0.918. The molecule has 0 atom stereocenters. The van der Waals surface area contributed by atoms with E-state index in [-0.39, 0.29) is 28.0 Å². The molecule has 2 aliphatic rings. The largest absolute Gasteiger partial charge is 0.481 e. The molecule has 2 aliphatic heterocycles. The number of anilines is 1. The SMILES string of the molecule is CCN1\C(=C/C=C/C=C/C2=[N+](CCCCCC(=O)O)c3ccc4c(S(=O)(=O)O)cc(S(=O)(=O)O)cc4c3C2(C)C)C(C)(C)c2c1ccc1c(S(=O)(=O)O)cc(S(=O)(=O)O)cc21. The molecule has 0 aromatic heterocycles. The summed E-state index contributed by atoms with van der Waals surface area (Å²) >= 11 is 0. The van der Waals surface area contributed by atoms with Gasteiger partial charge in [-0.15, -0.1) is 0 Å².